The standard InChI is InChI=1S/C16H23NO/c1-11-6-7-13(8-12(11)2)9-16(18)14-4-3-5-15(17)10-14/h6-8,14-15H,3-5,9-10,17H2,1-2H3. The number of ketones is 1. The molecule has 2 rings (SSSR count). The lowest BCUT2D eigenvalue weighted by molar-refractivity contribution is -0.123. The van der Waals surface area contributed by atoms with Crippen LogP contribution >= 0.6 is 0 Å². The molecule has 0 aromatic heterocycles. The molecule has 0 amide bonds. The average molecular weight is 245 g/mol. The van der Waals surface area contributed by atoms with Gasteiger partial charge in [0.15, 0.2) is 0 Å². The van der Waals surface area contributed by atoms with Crippen molar-refractivity contribution in [1.29, 1.82) is 0 Å². The van der Waals surface area contributed by atoms with Crippen molar-refractivity contribution >= 4 is 5.78 Å². The summed E-state index contributed by atoms with van der Waals surface area (Å²) in [7, 11) is 0. The van der Waals surface area contributed by atoms with Gasteiger partial charge in [-0.1, -0.05) is 24.6 Å². The summed E-state index contributed by atoms with van der Waals surface area (Å²) < 4.78 is 0. The molecule has 1 saturated carbocycles. The molecule has 0 heterocycles. The number of Topliss-reactive ketones (excluding diaryl/α,β-unsaturated/α-hetero) is 1. The van der Waals surface area contributed by atoms with Crippen LogP contribution in [0.5, 0.6) is 0 Å². The first-order chi connectivity index (χ1) is 8.56. The predicted octanol–water partition coefficient (Wildman–Crippen LogP) is 2.93. The summed E-state index contributed by atoms with van der Waals surface area (Å²) >= 11 is 0. The number of carbonyl (C=O) groups excluding carboxylic acids is 1. The molecule has 2 atom stereocenters. The van der Waals surface area contributed by atoms with Gasteiger partial charge in [0.05, 0.1) is 0 Å². The van der Waals surface area contributed by atoms with Crippen LogP contribution in [-0.2, 0) is 11.2 Å². The molecule has 1 aromatic carbocycles. The monoisotopic (exact) mass is 245 g/mol. The molecule has 2 unspecified atom stereocenters. The van der Waals surface area contributed by atoms with Crippen molar-refractivity contribution in [2.75, 3.05) is 0 Å². The van der Waals surface area contributed by atoms with Crippen LogP contribution in [0.2, 0.25) is 0 Å². The van der Waals surface area contributed by atoms with Crippen LogP contribution in [0.1, 0.15) is 42.4 Å². The number of benzene rings is 1. The van der Waals surface area contributed by atoms with E-state index in [1.54, 1.807) is 0 Å². The molecule has 1 aliphatic carbocycles. The molecule has 18 heavy (non-hydrogen) atoms. The van der Waals surface area contributed by atoms with Gasteiger partial charge in [-0.25, -0.2) is 0 Å². The Morgan fingerprint density at radius 1 is 1.28 bits per heavy atom. The van der Waals surface area contributed by atoms with E-state index in [1.807, 2.05) is 0 Å². The van der Waals surface area contributed by atoms with Crippen molar-refractivity contribution in [3.63, 3.8) is 0 Å². The fraction of sp³-hybridized carbons (Fsp3) is 0.562. The van der Waals surface area contributed by atoms with Gasteiger partial charge in [0, 0.05) is 18.4 Å². The van der Waals surface area contributed by atoms with Gasteiger partial charge in [0.2, 0.25) is 0 Å². The molecular formula is C16H23NO. The summed E-state index contributed by atoms with van der Waals surface area (Å²) in [6.45, 7) is 4.20. The third kappa shape index (κ3) is 3.20. The molecule has 0 aliphatic heterocycles. The Bertz CT molecular complexity index is 439. The third-order valence-electron chi connectivity index (χ3n) is 4.12. The lowest BCUT2D eigenvalue weighted by Gasteiger charge is -2.25. The summed E-state index contributed by atoms with van der Waals surface area (Å²) in [5, 5.41) is 0. The Labute approximate surface area is 110 Å². The van der Waals surface area contributed by atoms with Gasteiger partial charge in [0.1, 0.15) is 5.78 Å². The van der Waals surface area contributed by atoms with E-state index in [2.05, 4.69) is 32.0 Å². The van der Waals surface area contributed by atoms with Crippen molar-refractivity contribution in [1.82, 2.24) is 0 Å². The minimum atomic E-state index is 0.190. The molecule has 0 spiro atoms. The van der Waals surface area contributed by atoms with Crippen LogP contribution in [-0.4, -0.2) is 11.8 Å². The second-order valence-electron chi connectivity index (χ2n) is 5.69. The second-order valence-corrected chi connectivity index (χ2v) is 5.69. The number of nitrogens with two attached hydrogens (primary N) is 1. The predicted molar refractivity (Wildman–Crippen MR) is 74.6 cm³/mol. The zero-order chi connectivity index (χ0) is 13.1. The summed E-state index contributed by atoms with van der Waals surface area (Å²) in [5.74, 6) is 0.559. The minimum Gasteiger partial charge on any atom is -0.328 e. The Hall–Kier alpha value is -1.15. The van der Waals surface area contributed by atoms with E-state index in [4.69, 9.17) is 5.73 Å². The van der Waals surface area contributed by atoms with Crippen LogP contribution in [0, 0.1) is 19.8 Å². The van der Waals surface area contributed by atoms with E-state index >= 15 is 0 Å². The van der Waals surface area contributed by atoms with Crippen molar-refractivity contribution < 1.29 is 4.79 Å². The minimum absolute atomic E-state index is 0.190. The highest BCUT2D eigenvalue weighted by Gasteiger charge is 2.25. The highest BCUT2D eigenvalue weighted by molar-refractivity contribution is 5.83. The van der Waals surface area contributed by atoms with Crippen LogP contribution in [0.3, 0.4) is 0 Å². The van der Waals surface area contributed by atoms with Gasteiger partial charge >= 0.3 is 0 Å². The molecule has 98 valence electrons. The van der Waals surface area contributed by atoms with Crippen LogP contribution < -0.4 is 5.73 Å². The summed E-state index contributed by atoms with van der Waals surface area (Å²) in [5.41, 5.74) is 9.64. The van der Waals surface area contributed by atoms with E-state index in [1.165, 1.54) is 11.1 Å². The normalized spacial score (nSPS) is 23.9. The SMILES string of the molecule is Cc1ccc(CC(=O)C2CCCC(N)C2)cc1C. The molecule has 2 nitrogen and oxygen atoms in total. The highest BCUT2D eigenvalue weighted by atomic mass is 16.1. The van der Waals surface area contributed by atoms with Gasteiger partial charge in [-0.2, -0.15) is 0 Å². The molecular weight excluding hydrogens is 222 g/mol. The van der Waals surface area contributed by atoms with Crippen LogP contribution in [0.25, 0.3) is 0 Å². The number of hydrogen-bond donors (Lipinski definition) is 1. The second kappa shape index (κ2) is 5.66. The van der Waals surface area contributed by atoms with E-state index in [-0.39, 0.29) is 12.0 Å². The van der Waals surface area contributed by atoms with Gasteiger partial charge in [-0.05, 0) is 49.8 Å². The van der Waals surface area contributed by atoms with Crippen LogP contribution in [0.15, 0.2) is 18.2 Å². The Balaban J connectivity index is 2.00. The topological polar surface area (TPSA) is 43.1 Å². The smallest absolute Gasteiger partial charge is 0.140 e. The van der Waals surface area contributed by atoms with E-state index in [0.717, 1.165) is 31.2 Å². The fourth-order valence-electron chi connectivity index (χ4n) is 2.78. The fourth-order valence-corrected chi connectivity index (χ4v) is 2.78. The summed E-state index contributed by atoms with van der Waals surface area (Å²) in [4.78, 5) is 12.3. The van der Waals surface area contributed by atoms with Gasteiger partial charge in [0.25, 0.3) is 0 Å². The molecule has 2 heteroatoms. The lowest BCUT2D eigenvalue weighted by atomic mass is 9.82. The third-order valence-corrected chi connectivity index (χ3v) is 4.12. The molecule has 0 radical (unpaired) electrons. The molecule has 2 N–H and O–H groups in total. The first-order valence-electron chi connectivity index (χ1n) is 6.90. The number of carbonyl (C=O) groups is 1. The van der Waals surface area contributed by atoms with Crippen molar-refractivity contribution in [2.45, 2.75) is 52.0 Å². The van der Waals surface area contributed by atoms with Gasteiger partial charge < -0.3 is 5.73 Å². The Morgan fingerprint density at radius 2 is 2.06 bits per heavy atom. The molecule has 1 aliphatic rings. The highest BCUT2D eigenvalue weighted by Crippen LogP contribution is 2.25. The van der Waals surface area contributed by atoms with Crippen molar-refractivity contribution in [3.8, 4) is 0 Å². The first-order valence-corrected chi connectivity index (χ1v) is 6.90. The van der Waals surface area contributed by atoms with Crippen molar-refractivity contribution in [3.05, 3.63) is 34.9 Å². The molecule has 0 saturated heterocycles. The van der Waals surface area contributed by atoms with E-state index in [0.29, 0.717) is 12.2 Å². The maximum Gasteiger partial charge on any atom is 0.140 e. The molecule has 1 aromatic rings. The average Bonchev–Trinajstić information content (AvgIpc) is 2.34. The van der Waals surface area contributed by atoms with E-state index in [9.17, 15) is 4.79 Å². The maximum atomic E-state index is 12.3. The summed E-state index contributed by atoms with van der Waals surface area (Å²) in [6.07, 6.45) is 4.65. The van der Waals surface area contributed by atoms with Gasteiger partial charge in [-0.15, -0.1) is 0 Å². The summed E-state index contributed by atoms with van der Waals surface area (Å²) in [6, 6.07) is 6.54. The maximum absolute atomic E-state index is 12.3. The molecule has 1 fully saturated rings. The number of hydrogen-bond acceptors (Lipinski definition) is 2. The Morgan fingerprint density at radius 3 is 2.72 bits per heavy atom. The zero-order valence-electron chi connectivity index (χ0n) is 11.4. The number of rotatable bonds is 3. The largest absolute Gasteiger partial charge is 0.328 e. The zero-order valence-corrected chi connectivity index (χ0v) is 11.4. The quantitative estimate of drug-likeness (QED) is 0.889. The van der Waals surface area contributed by atoms with Crippen LogP contribution in [0.4, 0.5) is 0 Å². The Kier molecular flexibility index (Phi) is 4.18. The molecule has 0 bridgehead atoms. The van der Waals surface area contributed by atoms with Gasteiger partial charge in [-0.3, -0.25) is 4.79 Å². The van der Waals surface area contributed by atoms with Crippen molar-refractivity contribution in [2.24, 2.45) is 11.7 Å². The van der Waals surface area contributed by atoms with E-state index < -0.39 is 0 Å². The number of aryl methyl sites for hydroxylation is 2. The lowest BCUT2D eigenvalue weighted by Crippen LogP contribution is -2.32. The first kappa shape index (κ1) is 13.3.